The average Bonchev–Trinajstić information content (AvgIpc) is 2.92. The fourth-order valence-electron chi connectivity index (χ4n) is 1.56. The van der Waals surface area contributed by atoms with E-state index in [-0.39, 0.29) is 11.9 Å². The van der Waals surface area contributed by atoms with Crippen molar-refractivity contribution in [2.75, 3.05) is 6.54 Å². The molecule has 100 valence electrons. The molecule has 1 amide bonds. The smallest absolute Gasteiger partial charge is 0.251 e. The van der Waals surface area contributed by atoms with E-state index < -0.39 is 0 Å². The number of rotatable bonds is 5. The normalized spacial score (nSPS) is 12.1. The van der Waals surface area contributed by atoms with Gasteiger partial charge in [-0.1, -0.05) is 0 Å². The van der Waals surface area contributed by atoms with Crippen LogP contribution in [0.2, 0.25) is 0 Å². The molecule has 3 N–H and O–H groups in total. The maximum Gasteiger partial charge on any atom is 0.251 e. The van der Waals surface area contributed by atoms with Gasteiger partial charge in [0.2, 0.25) is 0 Å². The quantitative estimate of drug-likeness (QED) is 0.796. The summed E-state index contributed by atoms with van der Waals surface area (Å²) in [5.41, 5.74) is 7.02. The summed E-state index contributed by atoms with van der Waals surface area (Å²) >= 11 is 0. The van der Waals surface area contributed by atoms with Gasteiger partial charge in [0.1, 0.15) is 6.33 Å². The van der Waals surface area contributed by atoms with Gasteiger partial charge in [-0.2, -0.15) is 0 Å². The summed E-state index contributed by atoms with van der Waals surface area (Å²) in [5, 5.41) is 13.7. The zero-order valence-corrected chi connectivity index (χ0v) is 10.7. The van der Waals surface area contributed by atoms with Gasteiger partial charge in [0, 0.05) is 18.2 Å². The highest BCUT2D eigenvalue weighted by atomic mass is 16.1. The molecule has 2 rings (SSSR count). The molecule has 7 heteroatoms. The van der Waals surface area contributed by atoms with Crippen molar-refractivity contribution in [3.8, 4) is 5.69 Å². The van der Waals surface area contributed by atoms with Crippen LogP contribution >= 0.6 is 0 Å². The molecule has 0 saturated carbocycles. The number of benzene rings is 1. The van der Waals surface area contributed by atoms with Crippen LogP contribution in [0.1, 0.15) is 23.7 Å². The number of carbonyl (C=O) groups is 1. The van der Waals surface area contributed by atoms with Crippen LogP contribution in [-0.4, -0.2) is 38.7 Å². The Balaban J connectivity index is 1.96. The highest BCUT2D eigenvalue weighted by Crippen LogP contribution is 2.07. The van der Waals surface area contributed by atoms with E-state index in [1.165, 1.54) is 11.0 Å². The Morgan fingerprint density at radius 2 is 2.16 bits per heavy atom. The number of hydrogen-bond acceptors (Lipinski definition) is 5. The Hall–Kier alpha value is -2.28. The largest absolute Gasteiger partial charge is 0.352 e. The fourth-order valence-corrected chi connectivity index (χ4v) is 1.56. The molecule has 0 bridgehead atoms. The van der Waals surface area contributed by atoms with Gasteiger partial charge >= 0.3 is 0 Å². The predicted molar refractivity (Wildman–Crippen MR) is 69.8 cm³/mol. The second kappa shape index (κ2) is 6.05. The number of nitrogens with zero attached hydrogens (tertiary/aromatic N) is 4. The highest BCUT2D eigenvalue weighted by molar-refractivity contribution is 5.94. The Bertz CT molecular complexity index is 520. The van der Waals surface area contributed by atoms with E-state index in [1.54, 1.807) is 24.3 Å². The minimum atomic E-state index is -0.107. The van der Waals surface area contributed by atoms with Gasteiger partial charge in [0.15, 0.2) is 0 Å². The Kier molecular flexibility index (Phi) is 4.19. The number of tetrazole rings is 1. The lowest BCUT2D eigenvalue weighted by molar-refractivity contribution is 0.0953. The lowest BCUT2D eigenvalue weighted by Gasteiger charge is -2.07. The second-order valence-corrected chi connectivity index (χ2v) is 4.32. The van der Waals surface area contributed by atoms with Crippen molar-refractivity contribution in [3.05, 3.63) is 36.2 Å². The van der Waals surface area contributed by atoms with E-state index in [9.17, 15) is 4.79 Å². The number of carbonyl (C=O) groups excluding carboxylic acids is 1. The van der Waals surface area contributed by atoms with E-state index >= 15 is 0 Å². The van der Waals surface area contributed by atoms with Crippen LogP contribution < -0.4 is 11.1 Å². The molecule has 19 heavy (non-hydrogen) atoms. The van der Waals surface area contributed by atoms with Gasteiger partial charge < -0.3 is 11.1 Å². The summed E-state index contributed by atoms with van der Waals surface area (Å²) in [6.07, 6.45) is 2.26. The molecule has 1 aromatic heterocycles. The third kappa shape index (κ3) is 3.59. The number of hydrogen-bond donors (Lipinski definition) is 2. The van der Waals surface area contributed by atoms with Crippen LogP contribution in [0, 0.1) is 0 Å². The van der Waals surface area contributed by atoms with Crippen LogP contribution in [0.15, 0.2) is 30.6 Å². The molecule has 7 nitrogen and oxygen atoms in total. The molecule has 1 unspecified atom stereocenters. The van der Waals surface area contributed by atoms with E-state index in [0.29, 0.717) is 12.1 Å². The first kappa shape index (κ1) is 13.2. The third-order valence-corrected chi connectivity index (χ3v) is 2.63. The van der Waals surface area contributed by atoms with Crippen molar-refractivity contribution >= 4 is 5.91 Å². The van der Waals surface area contributed by atoms with Crippen molar-refractivity contribution in [1.29, 1.82) is 0 Å². The van der Waals surface area contributed by atoms with Gasteiger partial charge in [0.25, 0.3) is 5.91 Å². The third-order valence-electron chi connectivity index (χ3n) is 2.63. The standard InChI is InChI=1S/C12H16N6O/c1-9(13)6-7-14-12(19)10-2-4-11(5-3-10)18-8-15-16-17-18/h2-5,8-9H,6-7,13H2,1H3,(H,14,19). The zero-order valence-electron chi connectivity index (χ0n) is 10.7. The molecular weight excluding hydrogens is 244 g/mol. The lowest BCUT2D eigenvalue weighted by Crippen LogP contribution is -2.28. The maximum atomic E-state index is 11.8. The number of nitrogens with one attached hydrogen (secondary N) is 1. The van der Waals surface area contributed by atoms with Crippen molar-refractivity contribution < 1.29 is 4.79 Å². The van der Waals surface area contributed by atoms with E-state index in [0.717, 1.165) is 12.1 Å². The molecule has 2 aromatic rings. The van der Waals surface area contributed by atoms with Crippen LogP contribution in [0.3, 0.4) is 0 Å². The van der Waals surface area contributed by atoms with Gasteiger partial charge in [0.05, 0.1) is 5.69 Å². The zero-order chi connectivity index (χ0) is 13.7. The molecule has 0 fully saturated rings. The number of nitrogens with two attached hydrogens (primary N) is 1. The molecule has 0 aliphatic rings. The van der Waals surface area contributed by atoms with Gasteiger partial charge in [-0.3, -0.25) is 4.79 Å². The molecule has 0 aliphatic carbocycles. The molecular formula is C12H16N6O. The first-order chi connectivity index (χ1) is 9.16. The average molecular weight is 260 g/mol. The van der Waals surface area contributed by atoms with Crippen molar-refractivity contribution in [2.45, 2.75) is 19.4 Å². The van der Waals surface area contributed by atoms with Crippen molar-refractivity contribution in [1.82, 2.24) is 25.5 Å². The molecule has 0 radical (unpaired) electrons. The minimum Gasteiger partial charge on any atom is -0.352 e. The molecule has 0 saturated heterocycles. The molecule has 1 atom stereocenters. The summed E-state index contributed by atoms with van der Waals surface area (Å²) in [5.74, 6) is -0.107. The van der Waals surface area contributed by atoms with Crippen LogP contribution in [0.4, 0.5) is 0 Å². The summed E-state index contributed by atoms with van der Waals surface area (Å²) in [6, 6.07) is 7.13. The Morgan fingerprint density at radius 1 is 1.42 bits per heavy atom. The van der Waals surface area contributed by atoms with Crippen LogP contribution in [0.5, 0.6) is 0 Å². The highest BCUT2D eigenvalue weighted by Gasteiger charge is 2.06. The van der Waals surface area contributed by atoms with Gasteiger partial charge in [-0.05, 0) is 48.0 Å². The van der Waals surface area contributed by atoms with Gasteiger partial charge in [-0.25, -0.2) is 4.68 Å². The van der Waals surface area contributed by atoms with Crippen molar-refractivity contribution in [3.63, 3.8) is 0 Å². The molecule has 1 aromatic carbocycles. The first-order valence-electron chi connectivity index (χ1n) is 6.04. The summed E-state index contributed by atoms with van der Waals surface area (Å²) in [6.45, 7) is 2.48. The van der Waals surface area contributed by atoms with E-state index in [1.807, 2.05) is 6.92 Å². The van der Waals surface area contributed by atoms with Gasteiger partial charge in [-0.15, -0.1) is 5.10 Å². The monoisotopic (exact) mass is 260 g/mol. The van der Waals surface area contributed by atoms with E-state index in [2.05, 4.69) is 20.8 Å². The fraction of sp³-hybridized carbons (Fsp3) is 0.333. The SMILES string of the molecule is CC(N)CCNC(=O)c1ccc(-n2cnnn2)cc1. The molecule has 0 spiro atoms. The summed E-state index contributed by atoms with van der Waals surface area (Å²) in [7, 11) is 0. The van der Waals surface area contributed by atoms with Crippen LogP contribution in [0.25, 0.3) is 5.69 Å². The van der Waals surface area contributed by atoms with E-state index in [4.69, 9.17) is 5.73 Å². The second-order valence-electron chi connectivity index (χ2n) is 4.32. The number of aromatic nitrogens is 4. The number of amides is 1. The minimum absolute atomic E-state index is 0.0856. The summed E-state index contributed by atoms with van der Waals surface area (Å²) < 4.78 is 1.53. The van der Waals surface area contributed by atoms with Crippen LogP contribution in [-0.2, 0) is 0 Å². The Labute approximate surface area is 110 Å². The lowest BCUT2D eigenvalue weighted by atomic mass is 10.2. The summed E-state index contributed by atoms with van der Waals surface area (Å²) in [4.78, 5) is 11.8. The Morgan fingerprint density at radius 3 is 2.74 bits per heavy atom. The maximum absolute atomic E-state index is 11.8. The topological polar surface area (TPSA) is 98.7 Å². The first-order valence-corrected chi connectivity index (χ1v) is 6.04. The van der Waals surface area contributed by atoms with Crippen molar-refractivity contribution in [2.24, 2.45) is 5.73 Å². The predicted octanol–water partition coefficient (Wildman–Crippen LogP) is 0.129. The molecule has 0 aliphatic heterocycles. The molecule has 1 heterocycles.